The maximum absolute atomic E-state index is 12.0. The van der Waals surface area contributed by atoms with Crippen molar-refractivity contribution in [3.8, 4) is 0 Å². The Balaban J connectivity index is 2.64. The molecule has 0 aromatic heterocycles. The van der Waals surface area contributed by atoms with Crippen LogP contribution in [0.25, 0.3) is 0 Å². The quantitative estimate of drug-likeness (QED) is 0.395. The molecule has 2 amide bonds. The summed E-state index contributed by atoms with van der Waals surface area (Å²) >= 11 is 0. The first-order valence-electron chi connectivity index (χ1n) is 9.04. The summed E-state index contributed by atoms with van der Waals surface area (Å²) in [6.07, 6.45) is 3.80. The third-order valence-electron chi connectivity index (χ3n) is 4.47. The van der Waals surface area contributed by atoms with Gasteiger partial charge in [-0.25, -0.2) is 4.90 Å². The lowest BCUT2D eigenvalue weighted by Crippen LogP contribution is -2.60. The van der Waals surface area contributed by atoms with Gasteiger partial charge >= 0.3 is 0 Å². The minimum absolute atomic E-state index is 0.154. The van der Waals surface area contributed by atoms with E-state index in [2.05, 4.69) is 25.0 Å². The Hall–Kier alpha value is -1.74. The van der Waals surface area contributed by atoms with Gasteiger partial charge in [0.05, 0.1) is 20.0 Å². The van der Waals surface area contributed by atoms with Gasteiger partial charge in [0, 0.05) is 13.2 Å². The third kappa shape index (κ3) is 6.87. The molecule has 1 aliphatic heterocycles. The smallest absolute Gasteiger partial charge is 0.248 e. The van der Waals surface area contributed by atoms with Crippen LogP contribution >= 0.6 is 0 Å². The summed E-state index contributed by atoms with van der Waals surface area (Å²) in [6.45, 7) is 12.3. The van der Waals surface area contributed by atoms with Gasteiger partial charge in [-0.2, -0.15) is 0 Å². The van der Waals surface area contributed by atoms with Crippen LogP contribution in [0.5, 0.6) is 0 Å². The number of nitrogens with zero attached hydrogens (tertiary/aromatic N) is 4. The van der Waals surface area contributed by atoms with E-state index in [1.165, 1.54) is 22.0 Å². The van der Waals surface area contributed by atoms with Gasteiger partial charge in [-0.3, -0.25) is 9.59 Å². The normalized spacial score (nSPS) is 16.6. The van der Waals surface area contributed by atoms with Crippen molar-refractivity contribution in [2.45, 2.75) is 32.4 Å². The molecule has 0 aliphatic carbocycles. The first kappa shape index (κ1) is 22.3. The Kier molecular flexibility index (Phi) is 10.1. The fourth-order valence-corrected chi connectivity index (χ4v) is 2.86. The number of rotatable bonds is 11. The molecular formula is C18H32N4O4. The number of hydrogen-bond donors (Lipinski definition) is 2. The van der Waals surface area contributed by atoms with Gasteiger partial charge in [0.15, 0.2) is 0 Å². The van der Waals surface area contributed by atoms with Gasteiger partial charge in [0.1, 0.15) is 6.23 Å². The number of amides is 2. The van der Waals surface area contributed by atoms with E-state index in [9.17, 15) is 14.7 Å². The molecule has 1 fully saturated rings. The molecule has 1 heterocycles. The van der Waals surface area contributed by atoms with Crippen molar-refractivity contribution in [3.63, 3.8) is 0 Å². The maximum atomic E-state index is 12.0. The van der Waals surface area contributed by atoms with E-state index in [0.717, 1.165) is 25.9 Å². The van der Waals surface area contributed by atoms with Crippen LogP contribution < -0.4 is 0 Å². The van der Waals surface area contributed by atoms with Crippen molar-refractivity contribution in [2.24, 2.45) is 0 Å². The summed E-state index contributed by atoms with van der Waals surface area (Å²) in [5.74, 6) is -0.578. The van der Waals surface area contributed by atoms with E-state index in [1.807, 2.05) is 0 Å². The van der Waals surface area contributed by atoms with Crippen molar-refractivity contribution >= 4 is 11.8 Å². The van der Waals surface area contributed by atoms with Crippen LogP contribution in [0.15, 0.2) is 25.3 Å². The Bertz CT molecular complexity index is 458. The molecule has 8 heteroatoms. The number of aliphatic hydroxyl groups excluding tert-OH is 2. The van der Waals surface area contributed by atoms with E-state index < -0.39 is 6.23 Å². The van der Waals surface area contributed by atoms with E-state index >= 15 is 0 Å². The highest BCUT2D eigenvalue weighted by molar-refractivity contribution is 5.89. The van der Waals surface area contributed by atoms with Crippen molar-refractivity contribution in [3.05, 3.63) is 25.3 Å². The maximum Gasteiger partial charge on any atom is 0.248 e. The molecule has 8 nitrogen and oxygen atoms in total. The summed E-state index contributed by atoms with van der Waals surface area (Å²) < 4.78 is 0. The SMILES string of the molecule is C=CC(=O)N1CN(C(=O)C=C)CN(C(O)CCN(CC)CCCCO)C1. The summed E-state index contributed by atoms with van der Waals surface area (Å²) in [6, 6.07) is 0. The van der Waals surface area contributed by atoms with Gasteiger partial charge in [-0.05, 0) is 44.5 Å². The van der Waals surface area contributed by atoms with Gasteiger partial charge in [0.25, 0.3) is 0 Å². The molecule has 0 radical (unpaired) electrons. The molecule has 0 spiro atoms. The molecule has 1 unspecified atom stereocenters. The lowest BCUT2D eigenvalue weighted by Gasteiger charge is -2.43. The first-order chi connectivity index (χ1) is 12.5. The summed E-state index contributed by atoms with van der Waals surface area (Å²) in [4.78, 5) is 30.7. The van der Waals surface area contributed by atoms with Crippen LogP contribution in [0.4, 0.5) is 0 Å². The van der Waals surface area contributed by atoms with Crippen molar-refractivity contribution < 1.29 is 19.8 Å². The van der Waals surface area contributed by atoms with Crippen LogP contribution in [0.2, 0.25) is 0 Å². The molecular weight excluding hydrogens is 336 g/mol. The standard InChI is InChI=1S/C18H32N4O4/c1-4-16(24)20-13-21(17(25)5-2)15-22(14-20)18(26)9-11-19(6-3)10-7-8-12-23/h4-5,18,23,26H,1-2,6-15H2,3H3. The van der Waals surface area contributed by atoms with Crippen molar-refractivity contribution in [1.29, 1.82) is 0 Å². The molecule has 148 valence electrons. The Morgan fingerprint density at radius 1 is 1.08 bits per heavy atom. The third-order valence-corrected chi connectivity index (χ3v) is 4.47. The molecule has 2 N–H and O–H groups in total. The zero-order chi connectivity index (χ0) is 19.5. The van der Waals surface area contributed by atoms with Gasteiger partial charge in [-0.1, -0.05) is 20.1 Å². The van der Waals surface area contributed by atoms with Crippen molar-refractivity contribution in [1.82, 2.24) is 19.6 Å². The second-order valence-corrected chi connectivity index (χ2v) is 6.31. The van der Waals surface area contributed by atoms with E-state index in [0.29, 0.717) is 13.0 Å². The summed E-state index contributed by atoms with van der Waals surface area (Å²) in [5, 5.41) is 19.4. The number of carbonyl (C=O) groups excluding carboxylic acids is 2. The molecule has 1 aliphatic rings. The molecule has 26 heavy (non-hydrogen) atoms. The zero-order valence-electron chi connectivity index (χ0n) is 15.7. The topological polar surface area (TPSA) is 87.6 Å². The average Bonchev–Trinajstić information content (AvgIpc) is 2.68. The van der Waals surface area contributed by atoms with E-state index in [4.69, 9.17) is 5.11 Å². The molecule has 1 atom stereocenters. The highest BCUT2D eigenvalue weighted by atomic mass is 16.3. The summed E-state index contributed by atoms with van der Waals surface area (Å²) in [5.41, 5.74) is 0. The number of hydrogen-bond acceptors (Lipinski definition) is 6. The lowest BCUT2D eigenvalue weighted by atomic mass is 10.2. The Morgan fingerprint density at radius 3 is 2.12 bits per heavy atom. The summed E-state index contributed by atoms with van der Waals surface area (Å²) in [7, 11) is 0. The van der Waals surface area contributed by atoms with Crippen LogP contribution in [0, 0.1) is 0 Å². The van der Waals surface area contributed by atoms with Crippen molar-refractivity contribution in [2.75, 3.05) is 46.2 Å². The lowest BCUT2D eigenvalue weighted by molar-refractivity contribution is -0.157. The first-order valence-corrected chi connectivity index (χ1v) is 9.04. The largest absolute Gasteiger partial charge is 0.396 e. The number of carbonyl (C=O) groups is 2. The predicted octanol–water partition coefficient (Wildman–Crippen LogP) is 0.00660. The van der Waals surface area contributed by atoms with Crippen LogP contribution in [-0.2, 0) is 9.59 Å². The highest BCUT2D eigenvalue weighted by Crippen LogP contribution is 2.13. The molecule has 1 saturated heterocycles. The monoisotopic (exact) mass is 368 g/mol. The van der Waals surface area contributed by atoms with E-state index in [-0.39, 0.29) is 38.4 Å². The minimum Gasteiger partial charge on any atom is -0.396 e. The van der Waals surface area contributed by atoms with Crippen LogP contribution in [0.1, 0.15) is 26.2 Å². The Morgan fingerprint density at radius 2 is 1.65 bits per heavy atom. The predicted molar refractivity (Wildman–Crippen MR) is 99.6 cm³/mol. The van der Waals surface area contributed by atoms with Gasteiger partial charge < -0.3 is 24.9 Å². The van der Waals surface area contributed by atoms with E-state index in [1.54, 1.807) is 4.90 Å². The number of aliphatic hydroxyl groups is 2. The highest BCUT2D eigenvalue weighted by Gasteiger charge is 2.30. The van der Waals surface area contributed by atoms with Crippen LogP contribution in [0.3, 0.4) is 0 Å². The number of unbranched alkanes of at least 4 members (excludes halogenated alkanes) is 1. The minimum atomic E-state index is -0.776. The molecule has 0 saturated carbocycles. The molecule has 1 rings (SSSR count). The molecule has 0 aromatic rings. The molecule has 0 aromatic carbocycles. The fraction of sp³-hybridized carbons (Fsp3) is 0.667. The molecule has 0 bridgehead atoms. The fourth-order valence-electron chi connectivity index (χ4n) is 2.86. The Labute approximate surface area is 156 Å². The van der Waals surface area contributed by atoms with Gasteiger partial charge in [0.2, 0.25) is 11.8 Å². The zero-order valence-corrected chi connectivity index (χ0v) is 15.7. The second kappa shape index (κ2) is 11.8. The average molecular weight is 368 g/mol. The second-order valence-electron chi connectivity index (χ2n) is 6.31. The van der Waals surface area contributed by atoms with Crippen LogP contribution in [-0.4, -0.2) is 94.1 Å². The van der Waals surface area contributed by atoms with Gasteiger partial charge in [-0.15, -0.1) is 0 Å².